The smallest absolute Gasteiger partial charge is 0.204 e. The van der Waals surface area contributed by atoms with Crippen molar-refractivity contribution in [2.24, 2.45) is 0 Å². The highest BCUT2D eigenvalue weighted by Gasteiger charge is 2.06. The minimum atomic E-state index is 0.265. The quantitative estimate of drug-likeness (QED) is 0.748. The third kappa shape index (κ3) is 2.15. The van der Waals surface area contributed by atoms with Crippen LogP contribution in [0.5, 0.6) is 0 Å². The Labute approximate surface area is 96.6 Å². The van der Waals surface area contributed by atoms with Crippen LogP contribution in [0.1, 0.15) is 5.76 Å². The summed E-state index contributed by atoms with van der Waals surface area (Å²) < 4.78 is 5.25. The molecule has 0 spiro atoms. The molecule has 0 aliphatic carbocycles. The first-order valence-corrected chi connectivity index (χ1v) is 4.91. The molecule has 4 heteroatoms. The largest absolute Gasteiger partial charge is 0.446 e. The standard InChI is InChI=1S/C11H5Cl2NO/c12-8-3-7(4-9(13)5-8)11-2-1-10(6-14)15-11/h1-5H. The molecule has 0 aliphatic rings. The van der Waals surface area contributed by atoms with Crippen LogP contribution in [0.4, 0.5) is 0 Å². The lowest BCUT2D eigenvalue weighted by molar-refractivity contribution is 0.567. The summed E-state index contributed by atoms with van der Waals surface area (Å²) in [6, 6.07) is 10.3. The third-order valence-corrected chi connectivity index (χ3v) is 2.30. The van der Waals surface area contributed by atoms with Crippen LogP contribution in [0.15, 0.2) is 34.7 Å². The van der Waals surface area contributed by atoms with Gasteiger partial charge in [-0.25, -0.2) is 0 Å². The minimum absolute atomic E-state index is 0.265. The van der Waals surface area contributed by atoms with Crippen LogP contribution in [0.2, 0.25) is 10.0 Å². The van der Waals surface area contributed by atoms with Crippen molar-refractivity contribution in [1.29, 1.82) is 5.26 Å². The second-order valence-corrected chi connectivity index (χ2v) is 3.81. The van der Waals surface area contributed by atoms with Gasteiger partial charge in [0.15, 0.2) is 0 Å². The maximum Gasteiger partial charge on any atom is 0.204 e. The molecule has 2 aromatic rings. The Bertz CT molecular complexity index is 520. The first-order valence-electron chi connectivity index (χ1n) is 4.15. The molecule has 0 radical (unpaired) electrons. The maximum absolute atomic E-state index is 8.61. The minimum Gasteiger partial charge on any atom is -0.446 e. The Morgan fingerprint density at radius 1 is 1.07 bits per heavy atom. The summed E-state index contributed by atoms with van der Waals surface area (Å²) in [5, 5.41) is 9.68. The van der Waals surface area contributed by atoms with Gasteiger partial charge in [0.2, 0.25) is 5.76 Å². The van der Waals surface area contributed by atoms with Crippen molar-refractivity contribution in [1.82, 2.24) is 0 Å². The van der Waals surface area contributed by atoms with E-state index in [9.17, 15) is 0 Å². The van der Waals surface area contributed by atoms with E-state index in [2.05, 4.69) is 0 Å². The van der Waals surface area contributed by atoms with E-state index in [4.69, 9.17) is 32.9 Å². The molecule has 1 heterocycles. The van der Waals surface area contributed by atoms with Gasteiger partial charge < -0.3 is 4.42 Å². The number of furan rings is 1. The molecule has 2 nitrogen and oxygen atoms in total. The van der Waals surface area contributed by atoms with Gasteiger partial charge in [-0.15, -0.1) is 0 Å². The molecular formula is C11H5Cl2NO. The number of nitriles is 1. The first-order chi connectivity index (χ1) is 7.19. The van der Waals surface area contributed by atoms with Gasteiger partial charge >= 0.3 is 0 Å². The van der Waals surface area contributed by atoms with Gasteiger partial charge in [-0.05, 0) is 30.3 Å². The van der Waals surface area contributed by atoms with Crippen molar-refractivity contribution in [3.63, 3.8) is 0 Å². The van der Waals surface area contributed by atoms with E-state index in [1.807, 2.05) is 6.07 Å². The SMILES string of the molecule is N#Cc1ccc(-c2cc(Cl)cc(Cl)c2)o1. The summed E-state index contributed by atoms with van der Waals surface area (Å²) in [5.74, 6) is 0.844. The Kier molecular flexibility index (Phi) is 2.68. The van der Waals surface area contributed by atoms with E-state index < -0.39 is 0 Å². The Hall–Kier alpha value is -1.43. The molecule has 2 rings (SSSR count). The number of rotatable bonds is 1. The van der Waals surface area contributed by atoms with Crippen molar-refractivity contribution < 1.29 is 4.42 Å². The number of benzene rings is 1. The summed E-state index contributed by atoms with van der Waals surface area (Å²) in [6.45, 7) is 0. The lowest BCUT2D eigenvalue weighted by atomic mass is 10.2. The van der Waals surface area contributed by atoms with E-state index in [1.165, 1.54) is 0 Å². The molecule has 1 aromatic carbocycles. The third-order valence-electron chi connectivity index (χ3n) is 1.86. The molecule has 0 N–H and O–H groups in total. The van der Waals surface area contributed by atoms with Crippen molar-refractivity contribution >= 4 is 23.2 Å². The molecule has 0 aliphatic heterocycles. The van der Waals surface area contributed by atoms with Gasteiger partial charge in [0.05, 0.1) is 0 Å². The van der Waals surface area contributed by atoms with Crippen LogP contribution in [-0.4, -0.2) is 0 Å². The number of nitrogens with zero attached hydrogens (tertiary/aromatic N) is 1. The lowest BCUT2D eigenvalue weighted by Crippen LogP contribution is -1.74. The van der Waals surface area contributed by atoms with Crippen molar-refractivity contribution in [2.75, 3.05) is 0 Å². The highest BCUT2D eigenvalue weighted by atomic mass is 35.5. The van der Waals surface area contributed by atoms with Crippen LogP contribution in [0.25, 0.3) is 11.3 Å². The molecule has 0 bridgehead atoms. The molecule has 74 valence electrons. The Morgan fingerprint density at radius 2 is 1.73 bits per heavy atom. The van der Waals surface area contributed by atoms with Crippen molar-refractivity contribution in [3.05, 3.63) is 46.1 Å². The van der Waals surface area contributed by atoms with Gasteiger partial charge in [-0.1, -0.05) is 23.2 Å². The van der Waals surface area contributed by atoms with Gasteiger partial charge in [0.1, 0.15) is 11.8 Å². The van der Waals surface area contributed by atoms with Gasteiger partial charge in [-0.2, -0.15) is 5.26 Å². The van der Waals surface area contributed by atoms with Crippen LogP contribution in [0, 0.1) is 11.3 Å². The van der Waals surface area contributed by atoms with Crippen LogP contribution in [0.3, 0.4) is 0 Å². The number of halogens is 2. The van der Waals surface area contributed by atoms with Crippen LogP contribution < -0.4 is 0 Å². The maximum atomic E-state index is 8.61. The summed E-state index contributed by atoms with van der Waals surface area (Å²) in [7, 11) is 0. The van der Waals surface area contributed by atoms with Gasteiger partial charge in [-0.3, -0.25) is 0 Å². The van der Waals surface area contributed by atoms with Crippen molar-refractivity contribution in [3.8, 4) is 17.4 Å². The zero-order valence-corrected chi connectivity index (χ0v) is 9.01. The van der Waals surface area contributed by atoms with E-state index in [0.717, 1.165) is 5.56 Å². The number of hydrogen-bond acceptors (Lipinski definition) is 2. The fraction of sp³-hybridized carbons (Fsp3) is 0. The highest BCUT2D eigenvalue weighted by molar-refractivity contribution is 6.35. The van der Waals surface area contributed by atoms with E-state index in [0.29, 0.717) is 15.8 Å². The lowest BCUT2D eigenvalue weighted by Gasteiger charge is -1.98. The molecular weight excluding hydrogens is 233 g/mol. The summed E-state index contributed by atoms with van der Waals surface area (Å²) in [4.78, 5) is 0. The normalized spacial score (nSPS) is 9.93. The molecule has 0 atom stereocenters. The fourth-order valence-electron chi connectivity index (χ4n) is 1.25. The van der Waals surface area contributed by atoms with Crippen molar-refractivity contribution in [2.45, 2.75) is 0 Å². The monoisotopic (exact) mass is 237 g/mol. The fourth-order valence-corrected chi connectivity index (χ4v) is 1.78. The van der Waals surface area contributed by atoms with Gasteiger partial charge in [0.25, 0.3) is 0 Å². The van der Waals surface area contributed by atoms with Crippen LogP contribution in [-0.2, 0) is 0 Å². The topological polar surface area (TPSA) is 36.9 Å². The zero-order valence-electron chi connectivity index (χ0n) is 7.50. The second-order valence-electron chi connectivity index (χ2n) is 2.93. The van der Waals surface area contributed by atoms with E-state index >= 15 is 0 Å². The molecule has 0 saturated heterocycles. The molecule has 0 fully saturated rings. The number of hydrogen-bond donors (Lipinski definition) is 0. The zero-order chi connectivity index (χ0) is 10.8. The van der Waals surface area contributed by atoms with Crippen LogP contribution >= 0.6 is 23.2 Å². The van der Waals surface area contributed by atoms with Gasteiger partial charge in [0, 0.05) is 15.6 Å². The molecule has 0 unspecified atom stereocenters. The second kappa shape index (κ2) is 3.98. The summed E-state index contributed by atoms with van der Waals surface area (Å²) >= 11 is 11.7. The molecule has 0 amide bonds. The van der Waals surface area contributed by atoms with E-state index in [-0.39, 0.29) is 5.76 Å². The Balaban J connectivity index is 2.50. The Morgan fingerprint density at radius 3 is 2.27 bits per heavy atom. The first kappa shape index (κ1) is 10.1. The highest BCUT2D eigenvalue weighted by Crippen LogP contribution is 2.28. The summed E-state index contributed by atoms with van der Waals surface area (Å²) in [5.41, 5.74) is 0.758. The average molecular weight is 238 g/mol. The molecule has 15 heavy (non-hydrogen) atoms. The predicted molar refractivity (Wildman–Crippen MR) is 58.9 cm³/mol. The molecule has 1 aromatic heterocycles. The molecule has 0 saturated carbocycles. The van der Waals surface area contributed by atoms with E-state index in [1.54, 1.807) is 30.3 Å². The summed E-state index contributed by atoms with van der Waals surface area (Å²) in [6.07, 6.45) is 0. The predicted octanol–water partition coefficient (Wildman–Crippen LogP) is 4.13. The average Bonchev–Trinajstić information content (AvgIpc) is 2.64.